The second-order valence-electron chi connectivity index (χ2n) is 5.38. The fourth-order valence-electron chi connectivity index (χ4n) is 1.83. The number of hydrogen-bond donors (Lipinski definition) is 2. The summed E-state index contributed by atoms with van der Waals surface area (Å²) in [5, 5.41) is 13.0. The van der Waals surface area contributed by atoms with Crippen LogP contribution < -0.4 is 5.32 Å². The molecule has 0 aromatic heterocycles. The van der Waals surface area contributed by atoms with E-state index in [4.69, 9.17) is 4.74 Å². The normalized spacial score (nSPS) is 12.8. The van der Waals surface area contributed by atoms with Gasteiger partial charge in [-0.15, -0.1) is 0 Å². The van der Waals surface area contributed by atoms with Crippen LogP contribution in [0.2, 0.25) is 0 Å². The second-order valence-corrected chi connectivity index (χ2v) is 5.38. The molecule has 1 rings (SSSR count). The largest absolute Gasteiger partial charge is 0.389 e. The Bertz CT molecular complexity index is 314. The third-order valence-corrected chi connectivity index (χ3v) is 2.80. The number of rotatable bonds is 10. The molecule has 0 saturated heterocycles. The smallest absolute Gasteiger partial charge is 0.0897 e. The van der Waals surface area contributed by atoms with Crippen molar-refractivity contribution in [1.82, 2.24) is 5.32 Å². The molecule has 3 nitrogen and oxygen atoms in total. The van der Waals surface area contributed by atoms with Crippen LogP contribution in [0.5, 0.6) is 0 Å². The Balaban J connectivity index is 1.95. The Labute approximate surface area is 117 Å². The highest BCUT2D eigenvalue weighted by Crippen LogP contribution is 2.01. The molecule has 1 aromatic carbocycles. The summed E-state index contributed by atoms with van der Waals surface area (Å²) in [5.41, 5.74) is 1.37. The summed E-state index contributed by atoms with van der Waals surface area (Å²) in [6.07, 6.45) is 1.76. The lowest BCUT2D eigenvalue weighted by Gasteiger charge is -2.13. The first kappa shape index (κ1) is 16.2. The van der Waals surface area contributed by atoms with Crippen molar-refractivity contribution < 1.29 is 9.84 Å². The molecule has 1 unspecified atom stereocenters. The minimum atomic E-state index is -0.407. The van der Waals surface area contributed by atoms with E-state index in [0.29, 0.717) is 25.7 Å². The van der Waals surface area contributed by atoms with Gasteiger partial charge in [-0.2, -0.15) is 0 Å². The molecule has 19 heavy (non-hydrogen) atoms. The van der Waals surface area contributed by atoms with Crippen LogP contribution in [0.25, 0.3) is 0 Å². The van der Waals surface area contributed by atoms with E-state index in [0.717, 1.165) is 19.4 Å². The van der Waals surface area contributed by atoms with Crippen LogP contribution in [0.4, 0.5) is 0 Å². The lowest BCUT2D eigenvalue weighted by Crippen LogP contribution is -2.31. The third kappa shape index (κ3) is 8.76. The summed E-state index contributed by atoms with van der Waals surface area (Å²) in [5.74, 6) is 0.519. The first-order valence-corrected chi connectivity index (χ1v) is 7.19. The molecule has 0 saturated carbocycles. The number of aliphatic hydroxyl groups excluding tert-OH is 1. The van der Waals surface area contributed by atoms with Crippen LogP contribution in [0.1, 0.15) is 25.8 Å². The van der Waals surface area contributed by atoms with Crippen molar-refractivity contribution in [2.45, 2.75) is 32.8 Å². The van der Waals surface area contributed by atoms with Crippen LogP contribution in [-0.4, -0.2) is 37.5 Å². The molecule has 0 aliphatic carbocycles. The van der Waals surface area contributed by atoms with E-state index < -0.39 is 6.10 Å². The number of hydrogen-bond acceptors (Lipinski definition) is 3. The van der Waals surface area contributed by atoms with Gasteiger partial charge in [0.2, 0.25) is 0 Å². The standard InChI is InChI=1S/C16H27NO2/c1-14(2)12-19-13-16(18)11-17-10-6-9-15-7-4-3-5-8-15/h3-5,7-8,14,16-18H,6,9-13H2,1-2H3. The van der Waals surface area contributed by atoms with Gasteiger partial charge in [0.05, 0.1) is 12.7 Å². The van der Waals surface area contributed by atoms with Crippen molar-refractivity contribution in [3.8, 4) is 0 Å². The highest BCUT2D eigenvalue weighted by Gasteiger charge is 2.04. The van der Waals surface area contributed by atoms with E-state index in [2.05, 4.69) is 43.4 Å². The van der Waals surface area contributed by atoms with Gasteiger partial charge >= 0.3 is 0 Å². The van der Waals surface area contributed by atoms with Gasteiger partial charge < -0.3 is 15.2 Å². The molecule has 0 aliphatic heterocycles. The predicted octanol–water partition coefficient (Wildman–Crippen LogP) is 2.24. The molecule has 2 N–H and O–H groups in total. The molecule has 1 aromatic rings. The number of ether oxygens (including phenoxy) is 1. The topological polar surface area (TPSA) is 41.5 Å². The number of aryl methyl sites for hydroxylation is 1. The van der Waals surface area contributed by atoms with Crippen molar-refractivity contribution in [1.29, 1.82) is 0 Å². The molecule has 0 radical (unpaired) electrons. The number of nitrogens with one attached hydrogen (secondary N) is 1. The summed E-state index contributed by atoms with van der Waals surface area (Å²) >= 11 is 0. The SMILES string of the molecule is CC(C)COCC(O)CNCCCc1ccccc1. The fourth-order valence-corrected chi connectivity index (χ4v) is 1.83. The quantitative estimate of drug-likeness (QED) is 0.638. The van der Waals surface area contributed by atoms with E-state index in [1.165, 1.54) is 5.56 Å². The summed E-state index contributed by atoms with van der Waals surface area (Å²) in [6.45, 7) is 6.88. The van der Waals surface area contributed by atoms with Gasteiger partial charge in [-0.25, -0.2) is 0 Å². The maximum absolute atomic E-state index is 9.69. The summed E-state index contributed by atoms with van der Waals surface area (Å²) in [4.78, 5) is 0. The van der Waals surface area contributed by atoms with Gasteiger partial charge in [-0.05, 0) is 30.9 Å². The van der Waals surface area contributed by atoms with Crippen LogP contribution in [0.3, 0.4) is 0 Å². The number of benzene rings is 1. The van der Waals surface area contributed by atoms with Gasteiger partial charge in [0.15, 0.2) is 0 Å². The molecule has 0 amide bonds. The van der Waals surface area contributed by atoms with Crippen molar-refractivity contribution >= 4 is 0 Å². The van der Waals surface area contributed by atoms with Gasteiger partial charge in [0.1, 0.15) is 0 Å². The average Bonchev–Trinajstić information content (AvgIpc) is 2.39. The predicted molar refractivity (Wildman–Crippen MR) is 79.3 cm³/mol. The molecule has 0 aliphatic rings. The van der Waals surface area contributed by atoms with Crippen molar-refractivity contribution in [2.24, 2.45) is 5.92 Å². The molecule has 108 valence electrons. The average molecular weight is 265 g/mol. The van der Waals surface area contributed by atoms with Crippen molar-refractivity contribution in [3.05, 3.63) is 35.9 Å². The Morgan fingerprint density at radius 3 is 2.58 bits per heavy atom. The van der Waals surface area contributed by atoms with E-state index in [1.54, 1.807) is 0 Å². The van der Waals surface area contributed by atoms with Gasteiger partial charge in [0, 0.05) is 13.2 Å². The molecule has 1 atom stereocenters. The second kappa shape index (κ2) is 9.96. The van der Waals surface area contributed by atoms with E-state index >= 15 is 0 Å². The zero-order chi connectivity index (χ0) is 13.9. The third-order valence-electron chi connectivity index (χ3n) is 2.80. The summed E-state index contributed by atoms with van der Waals surface area (Å²) in [7, 11) is 0. The first-order chi connectivity index (χ1) is 9.18. The molecular weight excluding hydrogens is 238 g/mol. The maximum Gasteiger partial charge on any atom is 0.0897 e. The monoisotopic (exact) mass is 265 g/mol. The van der Waals surface area contributed by atoms with Crippen molar-refractivity contribution in [2.75, 3.05) is 26.3 Å². The van der Waals surface area contributed by atoms with E-state index in [-0.39, 0.29) is 0 Å². The van der Waals surface area contributed by atoms with Crippen molar-refractivity contribution in [3.63, 3.8) is 0 Å². The maximum atomic E-state index is 9.69. The minimum Gasteiger partial charge on any atom is -0.389 e. The lowest BCUT2D eigenvalue weighted by molar-refractivity contribution is 0.0262. The zero-order valence-electron chi connectivity index (χ0n) is 12.1. The van der Waals surface area contributed by atoms with E-state index in [1.807, 2.05) is 6.07 Å². The fraction of sp³-hybridized carbons (Fsp3) is 0.625. The van der Waals surface area contributed by atoms with Gasteiger partial charge in [0.25, 0.3) is 0 Å². The molecule has 0 spiro atoms. The molecule has 0 fully saturated rings. The van der Waals surface area contributed by atoms with Gasteiger partial charge in [-0.1, -0.05) is 44.2 Å². The Kier molecular flexibility index (Phi) is 8.47. The highest BCUT2D eigenvalue weighted by atomic mass is 16.5. The van der Waals surface area contributed by atoms with Gasteiger partial charge in [-0.3, -0.25) is 0 Å². The van der Waals surface area contributed by atoms with E-state index in [9.17, 15) is 5.11 Å². The Morgan fingerprint density at radius 1 is 1.16 bits per heavy atom. The number of aliphatic hydroxyl groups is 1. The van der Waals surface area contributed by atoms with Crippen LogP contribution in [0, 0.1) is 5.92 Å². The highest BCUT2D eigenvalue weighted by molar-refractivity contribution is 5.14. The lowest BCUT2D eigenvalue weighted by atomic mass is 10.1. The molecule has 0 bridgehead atoms. The Hall–Kier alpha value is -0.900. The summed E-state index contributed by atoms with van der Waals surface area (Å²) in [6, 6.07) is 10.5. The molecular formula is C16H27NO2. The van der Waals surface area contributed by atoms with Crippen LogP contribution in [-0.2, 0) is 11.2 Å². The Morgan fingerprint density at radius 2 is 1.89 bits per heavy atom. The molecule has 3 heteroatoms. The zero-order valence-corrected chi connectivity index (χ0v) is 12.1. The summed E-state index contributed by atoms with van der Waals surface area (Å²) < 4.78 is 5.39. The first-order valence-electron chi connectivity index (χ1n) is 7.19. The minimum absolute atomic E-state index is 0.407. The van der Waals surface area contributed by atoms with Crippen LogP contribution in [0.15, 0.2) is 30.3 Å². The van der Waals surface area contributed by atoms with Crippen LogP contribution >= 0.6 is 0 Å². The molecule has 0 heterocycles.